The molecule has 0 aliphatic rings. The number of nitrogens with one attached hydrogen (secondary N) is 1. The molecule has 1 aromatic carbocycles. The van der Waals surface area contributed by atoms with Crippen LogP contribution in [0.15, 0.2) is 30.3 Å². The first-order chi connectivity index (χ1) is 9.69. The first kappa shape index (κ1) is 14.1. The van der Waals surface area contributed by atoms with Gasteiger partial charge in [-0.25, -0.2) is 4.79 Å². The van der Waals surface area contributed by atoms with Crippen molar-refractivity contribution in [1.29, 1.82) is 5.26 Å². The van der Waals surface area contributed by atoms with Crippen molar-refractivity contribution in [3.8, 4) is 16.5 Å². The Bertz CT molecular complexity index is 656. The Kier molecular flexibility index (Phi) is 4.35. The highest BCUT2D eigenvalue weighted by Crippen LogP contribution is 2.35. The number of carbonyl (C=O) groups is 1. The lowest BCUT2D eigenvalue weighted by Crippen LogP contribution is -2.05. The molecule has 0 aliphatic carbocycles. The summed E-state index contributed by atoms with van der Waals surface area (Å²) in [5.41, 5.74) is 2.00. The number of rotatable bonds is 4. The third-order valence-corrected chi connectivity index (χ3v) is 3.84. The number of hydrogen-bond donors (Lipinski definition) is 2. The summed E-state index contributed by atoms with van der Waals surface area (Å²) in [4.78, 5) is 12.9. The molecule has 1 heterocycles. The van der Waals surface area contributed by atoms with Gasteiger partial charge in [0, 0.05) is 4.88 Å². The first-order valence-corrected chi connectivity index (χ1v) is 6.58. The van der Waals surface area contributed by atoms with Crippen LogP contribution in [0.25, 0.3) is 10.4 Å². The fourth-order valence-corrected chi connectivity index (χ4v) is 2.76. The average molecular weight is 288 g/mol. The van der Waals surface area contributed by atoms with Crippen molar-refractivity contribution in [1.82, 2.24) is 0 Å². The molecule has 0 amide bonds. The van der Waals surface area contributed by atoms with Crippen LogP contribution in [0.3, 0.4) is 0 Å². The number of nitriles is 1. The van der Waals surface area contributed by atoms with E-state index in [9.17, 15) is 4.79 Å². The molecule has 0 radical (unpaired) electrons. The van der Waals surface area contributed by atoms with Crippen molar-refractivity contribution in [2.24, 2.45) is 0 Å². The molecule has 0 aliphatic heterocycles. The Labute approximate surface area is 120 Å². The van der Waals surface area contributed by atoms with Gasteiger partial charge in [0.05, 0.1) is 24.4 Å². The Hall–Kier alpha value is -2.36. The van der Waals surface area contributed by atoms with E-state index in [1.807, 2.05) is 12.1 Å². The van der Waals surface area contributed by atoms with E-state index in [0.717, 1.165) is 10.4 Å². The quantitative estimate of drug-likeness (QED) is 0.667. The number of methoxy groups -OCH3 is 1. The van der Waals surface area contributed by atoms with E-state index >= 15 is 0 Å². The van der Waals surface area contributed by atoms with Crippen LogP contribution in [0.1, 0.15) is 15.2 Å². The zero-order chi connectivity index (χ0) is 14.5. The molecule has 0 saturated carbocycles. The first-order valence-electron chi connectivity index (χ1n) is 5.77. The Morgan fingerprint density at radius 1 is 1.45 bits per heavy atom. The van der Waals surface area contributed by atoms with Crippen molar-refractivity contribution < 1.29 is 14.6 Å². The number of anilines is 1. The van der Waals surface area contributed by atoms with Gasteiger partial charge >= 0.3 is 5.97 Å². The van der Waals surface area contributed by atoms with E-state index in [1.165, 1.54) is 18.4 Å². The minimum atomic E-state index is -0.453. The number of thiophene rings is 1. The maximum absolute atomic E-state index is 11.7. The predicted molar refractivity (Wildman–Crippen MR) is 76.5 cm³/mol. The molecule has 0 atom stereocenters. The highest BCUT2D eigenvalue weighted by atomic mass is 32.1. The second-order valence-corrected chi connectivity index (χ2v) is 4.92. The van der Waals surface area contributed by atoms with Gasteiger partial charge in [0.1, 0.15) is 11.6 Å². The summed E-state index contributed by atoms with van der Waals surface area (Å²) in [7, 11) is 1.31. The van der Waals surface area contributed by atoms with Gasteiger partial charge < -0.3 is 15.2 Å². The normalized spacial score (nSPS) is 9.85. The van der Waals surface area contributed by atoms with Crippen LogP contribution in [0.5, 0.6) is 0 Å². The van der Waals surface area contributed by atoms with E-state index in [0.29, 0.717) is 16.1 Å². The molecule has 0 fully saturated rings. The van der Waals surface area contributed by atoms with Crippen molar-refractivity contribution in [3.05, 3.63) is 40.8 Å². The summed E-state index contributed by atoms with van der Waals surface area (Å²) in [6.07, 6.45) is 0. The highest BCUT2D eigenvalue weighted by Gasteiger charge is 2.17. The van der Waals surface area contributed by atoms with Gasteiger partial charge in [-0.3, -0.25) is 0 Å². The lowest BCUT2D eigenvalue weighted by molar-refractivity contribution is 0.0607. The number of carbonyl (C=O) groups excluding carboxylic acids is 1. The van der Waals surface area contributed by atoms with Crippen molar-refractivity contribution in [2.75, 3.05) is 19.2 Å². The summed E-state index contributed by atoms with van der Waals surface area (Å²) < 4.78 is 4.72. The zero-order valence-electron chi connectivity index (χ0n) is 10.7. The van der Waals surface area contributed by atoms with E-state index in [-0.39, 0.29) is 6.73 Å². The third-order valence-electron chi connectivity index (χ3n) is 2.67. The summed E-state index contributed by atoms with van der Waals surface area (Å²) in [6.45, 7) is -0.270. The summed E-state index contributed by atoms with van der Waals surface area (Å²) in [5.74, 6) is -0.453. The number of nitrogens with zero attached hydrogens (tertiary/aromatic N) is 1. The molecule has 6 heteroatoms. The largest absolute Gasteiger partial charge is 0.465 e. The zero-order valence-corrected chi connectivity index (χ0v) is 11.5. The maximum atomic E-state index is 11.7. The monoisotopic (exact) mass is 288 g/mol. The second kappa shape index (κ2) is 6.19. The molecular formula is C14H12N2O3S. The van der Waals surface area contributed by atoms with Gasteiger partial charge in [-0.05, 0) is 23.8 Å². The lowest BCUT2D eigenvalue weighted by Gasteiger charge is -2.01. The minimum absolute atomic E-state index is 0.270. The van der Waals surface area contributed by atoms with Crippen LogP contribution in [0.4, 0.5) is 5.69 Å². The predicted octanol–water partition coefficient (Wildman–Crippen LogP) is 2.44. The molecule has 2 N–H and O–H groups in total. The molecule has 0 unspecified atom stereocenters. The molecule has 0 spiro atoms. The van der Waals surface area contributed by atoms with Crippen LogP contribution in [0, 0.1) is 11.3 Å². The van der Waals surface area contributed by atoms with E-state index in [2.05, 4.69) is 11.4 Å². The topological polar surface area (TPSA) is 82.4 Å². The van der Waals surface area contributed by atoms with Gasteiger partial charge in [0.2, 0.25) is 0 Å². The molecule has 20 heavy (non-hydrogen) atoms. The number of benzene rings is 1. The SMILES string of the molecule is COC(=O)c1sc(-c2ccc(C#N)cc2)cc1NCO. The van der Waals surface area contributed by atoms with Crippen LogP contribution in [-0.2, 0) is 4.74 Å². The summed E-state index contributed by atoms with van der Waals surface area (Å²) in [6, 6.07) is 10.9. The fraction of sp³-hybridized carbons (Fsp3) is 0.143. The standard InChI is InChI=1S/C14H12N2O3S/c1-19-14(18)13-11(16-8-17)6-12(20-13)10-4-2-9(7-15)3-5-10/h2-6,16-17H,8H2,1H3. The molecule has 2 aromatic rings. The molecule has 0 saturated heterocycles. The molecule has 5 nitrogen and oxygen atoms in total. The van der Waals surface area contributed by atoms with Crippen molar-refractivity contribution in [2.45, 2.75) is 0 Å². The van der Waals surface area contributed by atoms with Crippen LogP contribution in [-0.4, -0.2) is 24.9 Å². The van der Waals surface area contributed by atoms with E-state index in [4.69, 9.17) is 15.1 Å². The molecule has 2 rings (SSSR count). The Balaban J connectivity index is 2.41. The number of esters is 1. The van der Waals surface area contributed by atoms with Crippen LogP contribution < -0.4 is 5.32 Å². The number of hydrogen-bond acceptors (Lipinski definition) is 6. The number of aliphatic hydroxyl groups excluding tert-OH is 1. The van der Waals surface area contributed by atoms with Gasteiger partial charge in [-0.1, -0.05) is 12.1 Å². The summed E-state index contributed by atoms with van der Waals surface area (Å²) >= 11 is 1.27. The Morgan fingerprint density at radius 2 is 2.15 bits per heavy atom. The average Bonchev–Trinajstić information content (AvgIpc) is 2.91. The lowest BCUT2D eigenvalue weighted by atomic mass is 10.1. The Morgan fingerprint density at radius 3 is 2.70 bits per heavy atom. The van der Waals surface area contributed by atoms with Gasteiger partial charge in [0.15, 0.2) is 0 Å². The van der Waals surface area contributed by atoms with Crippen molar-refractivity contribution in [3.63, 3.8) is 0 Å². The minimum Gasteiger partial charge on any atom is -0.465 e. The van der Waals surface area contributed by atoms with Gasteiger partial charge in [-0.15, -0.1) is 11.3 Å². The smallest absolute Gasteiger partial charge is 0.350 e. The van der Waals surface area contributed by atoms with Crippen molar-refractivity contribution >= 4 is 23.0 Å². The number of ether oxygens (including phenoxy) is 1. The van der Waals surface area contributed by atoms with Gasteiger partial charge in [0.25, 0.3) is 0 Å². The molecule has 1 aromatic heterocycles. The highest BCUT2D eigenvalue weighted by molar-refractivity contribution is 7.18. The second-order valence-electron chi connectivity index (χ2n) is 3.87. The fourth-order valence-electron chi connectivity index (χ4n) is 1.70. The van der Waals surface area contributed by atoms with E-state index < -0.39 is 5.97 Å². The maximum Gasteiger partial charge on any atom is 0.350 e. The molecular weight excluding hydrogens is 276 g/mol. The van der Waals surface area contributed by atoms with Gasteiger partial charge in [-0.2, -0.15) is 5.26 Å². The van der Waals surface area contributed by atoms with E-state index in [1.54, 1.807) is 18.2 Å². The van der Waals surface area contributed by atoms with Crippen LogP contribution >= 0.6 is 11.3 Å². The number of aliphatic hydroxyl groups is 1. The van der Waals surface area contributed by atoms with Crippen LogP contribution in [0.2, 0.25) is 0 Å². The third kappa shape index (κ3) is 2.79. The summed E-state index contributed by atoms with van der Waals surface area (Å²) in [5, 5.41) is 20.4. The molecule has 102 valence electrons. The molecule has 0 bridgehead atoms.